The number of aromatic nitrogens is 2. The maximum absolute atomic E-state index is 12.3. The molecule has 10 heteroatoms. The number of ether oxygens (including phenoxy) is 2. The molecule has 166 valence electrons. The lowest BCUT2D eigenvalue weighted by Gasteiger charge is -2.12. The minimum absolute atomic E-state index is 0.204. The lowest BCUT2D eigenvalue weighted by molar-refractivity contribution is -0.119. The summed E-state index contributed by atoms with van der Waals surface area (Å²) in [6.07, 6.45) is 2.88. The van der Waals surface area contributed by atoms with Crippen molar-refractivity contribution in [1.82, 2.24) is 9.78 Å². The Kier molecular flexibility index (Phi) is 7.45. The van der Waals surface area contributed by atoms with Gasteiger partial charge in [-0.15, -0.1) is 0 Å². The Morgan fingerprint density at radius 2 is 1.91 bits per heavy atom. The van der Waals surface area contributed by atoms with E-state index < -0.39 is 18.5 Å². The molecule has 9 nitrogen and oxygen atoms in total. The summed E-state index contributed by atoms with van der Waals surface area (Å²) in [6.45, 7) is 1.25. The van der Waals surface area contributed by atoms with E-state index in [1.165, 1.54) is 26.4 Å². The fourth-order valence-corrected chi connectivity index (χ4v) is 3.04. The van der Waals surface area contributed by atoms with Crippen LogP contribution in [0.25, 0.3) is 0 Å². The first-order valence-electron chi connectivity index (χ1n) is 9.54. The van der Waals surface area contributed by atoms with Crippen molar-refractivity contribution >= 4 is 40.8 Å². The van der Waals surface area contributed by atoms with Crippen LogP contribution in [0.4, 0.5) is 11.4 Å². The van der Waals surface area contributed by atoms with E-state index in [1.54, 1.807) is 28.9 Å². The van der Waals surface area contributed by atoms with Crippen molar-refractivity contribution in [3.8, 4) is 5.75 Å². The smallest absolute Gasteiger partial charge is 0.341 e. The SMILES string of the molecule is COc1ccc(NC(C)=O)cc1NC(=O)COC(=O)c1cnn(Cc2ccccc2Cl)c1. The second-order valence-corrected chi connectivity index (χ2v) is 7.15. The number of benzene rings is 2. The summed E-state index contributed by atoms with van der Waals surface area (Å²) in [5, 5.41) is 9.94. The Bertz CT molecular complexity index is 1140. The summed E-state index contributed by atoms with van der Waals surface area (Å²) < 4.78 is 11.8. The van der Waals surface area contributed by atoms with Crippen LogP contribution in [-0.4, -0.2) is 41.3 Å². The first-order chi connectivity index (χ1) is 15.4. The molecular weight excluding hydrogens is 436 g/mol. The van der Waals surface area contributed by atoms with E-state index in [0.29, 0.717) is 28.7 Å². The first kappa shape index (κ1) is 22.8. The molecule has 2 amide bonds. The molecule has 2 N–H and O–H groups in total. The molecule has 0 aliphatic rings. The molecular formula is C22H21ClN4O5. The zero-order valence-corrected chi connectivity index (χ0v) is 18.2. The van der Waals surface area contributed by atoms with Gasteiger partial charge in [0, 0.05) is 23.8 Å². The van der Waals surface area contributed by atoms with E-state index in [9.17, 15) is 14.4 Å². The molecule has 0 aliphatic carbocycles. The summed E-state index contributed by atoms with van der Waals surface area (Å²) >= 11 is 6.14. The van der Waals surface area contributed by atoms with Gasteiger partial charge in [0.2, 0.25) is 5.91 Å². The van der Waals surface area contributed by atoms with Gasteiger partial charge in [0.15, 0.2) is 6.61 Å². The van der Waals surface area contributed by atoms with Crippen LogP contribution in [-0.2, 0) is 20.9 Å². The van der Waals surface area contributed by atoms with Gasteiger partial charge in [0.1, 0.15) is 5.75 Å². The van der Waals surface area contributed by atoms with Crippen LogP contribution in [0.1, 0.15) is 22.8 Å². The largest absolute Gasteiger partial charge is 0.495 e. The molecule has 0 aliphatic heterocycles. The van der Waals surface area contributed by atoms with Crippen molar-refractivity contribution in [3.63, 3.8) is 0 Å². The minimum atomic E-state index is -0.690. The molecule has 1 aromatic heterocycles. The predicted molar refractivity (Wildman–Crippen MR) is 119 cm³/mol. The van der Waals surface area contributed by atoms with Crippen molar-refractivity contribution < 1.29 is 23.9 Å². The van der Waals surface area contributed by atoms with E-state index in [-0.39, 0.29) is 11.5 Å². The highest BCUT2D eigenvalue weighted by molar-refractivity contribution is 6.31. The Hall–Kier alpha value is -3.85. The predicted octanol–water partition coefficient (Wildman–Crippen LogP) is 3.35. The standard InChI is InChI=1S/C22H21ClN4O5/c1-14(28)25-17-7-8-20(31-2)19(9-17)26-21(29)13-32-22(30)16-10-24-27(12-16)11-15-5-3-4-6-18(15)23/h3-10,12H,11,13H2,1-2H3,(H,25,28)(H,26,29). The molecule has 0 fully saturated rings. The zero-order chi connectivity index (χ0) is 23.1. The fourth-order valence-electron chi connectivity index (χ4n) is 2.84. The normalized spacial score (nSPS) is 10.3. The van der Waals surface area contributed by atoms with Crippen LogP contribution >= 0.6 is 11.6 Å². The van der Waals surface area contributed by atoms with Gasteiger partial charge in [-0.2, -0.15) is 5.10 Å². The van der Waals surface area contributed by atoms with E-state index in [4.69, 9.17) is 21.1 Å². The Balaban J connectivity index is 1.57. The number of halogens is 1. The highest BCUT2D eigenvalue weighted by atomic mass is 35.5. The quantitative estimate of drug-likeness (QED) is 0.503. The fraction of sp³-hybridized carbons (Fsp3) is 0.182. The molecule has 0 bridgehead atoms. The third kappa shape index (κ3) is 6.08. The molecule has 0 atom stereocenters. The van der Waals surface area contributed by atoms with E-state index >= 15 is 0 Å². The van der Waals surface area contributed by atoms with Crippen LogP contribution in [0.15, 0.2) is 54.9 Å². The number of rotatable bonds is 8. The number of anilines is 2. The number of methoxy groups -OCH3 is 1. The maximum Gasteiger partial charge on any atom is 0.341 e. The number of nitrogens with one attached hydrogen (secondary N) is 2. The van der Waals surface area contributed by atoms with Crippen LogP contribution in [0.3, 0.4) is 0 Å². The average Bonchev–Trinajstić information content (AvgIpc) is 3.22. The van der Waals surface area contributed by atoms with E-state index in [1.807, 2.05) is 18.2 Å². The third-order valence-electron chi connectivity index (χ3n) is 4.29. The lowest BCUT2D eigenvalue weighted by atomic mass is 10.2. The highest BCUT2D eigenvalue weighted by Gasteiger charge is 2.15. The summed E-state index contributed by atoms with van der Waals surface area (Å²) in [5.74, 6) is -1.12. The molecule has 1 heterocycles. The molecule has 3 rings (SSSR count). The zero-order valence-electron chi connectivity index (χ0n) is 17.4. The Morgan fingerprint density at radius 3 is 2.62 bits per heavy atom. The summed E-state index contributed by atoms with van der Waals surface area (Å²) in [6, 6.07) is 12.1. The second kappa shape index (κ2) is 10.5. The van der Waals surface area contributed by atoms with Gasteiger partial charge >= 0.3 is 5.97 Å². The molecule has 32 heavy (non-hydrogen) atoms. The van der Waals surface area contributed by atoms with Gasteiger partial charge in [-0.3, -0.25) is 14.3 Å². The maximum atomic E-state index is 12.3. The van der Waals surface area contributed by atoms with Crippen LogP contribution < -0.4 is 15.4 Å². The monoisotopic (exact) mass is 456 g/mol. The van der Waals surface area contributed by atoms with Crippen molar-refractivity contribution in [1.29, 1.82) is 0 Å². The van der Waals surface area contributed by atoms with Crippen LogP contribution in [0.5, 0.6) is 5.75 Å². The molecule has 0 spiro atoms. The molecule has 0 unspecified atom stereocenters. The summed E-state index contributed by atoms with van der Waals surface area (Å²) in [7, 11) is 1.45. The molecule has 0 radical (unpaired) electrons. The van der Waals surface area contributed by atoms with Gasteiger partial charge < -0.3 is 20.1 Å². The average molecular weight is 457 g/mol. The summed E-state index contributed by atoms with van der Waals surface area (Å²) in [4.78, 5) is 35.8. The minimum Gasteiger partial charge on any atom is -0.495 e. The van der Waals surface area contributed by atoms with Gasteiger partial charge in [-0.05, 0) is 29.8 Å². The number of amides is 2. The molecule has 2 aromatic carbocycles. The van der Waals surface area contributed by atoms with Gasteiger partial charge in [0.05, 0.1) is 31.1 Å². The molecule has 0 saturated heterocycles. The summed E-state index contributed by atoms with van der Waals surface area (Å²) in [5.41, 5.74) is 1.87. The van der Waals surface area contributed by atoms with Gasteiger partial charge in [-0.1, -0.05) is 29.8 Å². The number of carbonyl (C=O) groups is 3. The van der Waals surface area contributed by atoms with Crippen LogP contribution in [0, 0.1) is 0 Å². The number of nitrogens with zero attached hydrogens (tertiary/aromatic N) is 2. The van der Waals surface area contributed by atoms with Gasteiger partial charge in [0.25, 0.3) is 5.91 Å². The van der Waals surface area contributed by atoms with E-state index in [0.717, 1.165) is 5.56 Å². The van der Waals surface area contributed by atoms with Crippen molar-refractivity contribution in [2.45, 2.75) is 13.5 Å². The number of hydrogen-bond acceptors (Lipinski definition) is 6. The van der Waals surface area contributed by atoms with Crippen LogP contribution in [0.2, 0.25) is 5.02 Å². The van der Waals surface area contributed by atoms with Gasteiger partial charge in [-0.25, -0.2) is 4.79 Å². The number of esters is 1. The van der Waals surface area contributed by atoms with Crippen molar-refractivity contribution in [2.75, 3.05) is 24.4 Å². The van der Waals surface area contributed by atoms with Crippen molar-refractivity contribution in [2.24, 2.45) is 0 Å². The lowest BCUT2D eigenvalue weighted by Crippen LogP contribution is -2.21. The number of hydrogen-bond donors (Lipinski definition) is 2. The molecule has 0 saturated carbocycles. The first-order valence-corrected chi connectivity index (χ1v) is 9.92. The number of carbonyl (C=O) groups excluding carboxylic acids is 3. The van der Waals surface area contributed by atoms with Crippen molar-refractivity contribution in [3.05, 3.63) is 71.0 Å². The Morgan fingerprint density at radius 1 is 1.12 bits per heavy atom. The topological polar surface area (TPSA) is 112 Å². The second-order valence-electron chi connectivity index (χ2n) is 6.74. The van der Waals surface area contributed by atoms with E-state index in [2.05, 4.69) is 15.7 Å². The Labute approximate surface area is 189 Å². The molecule has 3 aromatic rings. The third-order valence-corrected chi connectivity index (χ3v) is 4.66. The highest BCUT2D eigenvalue weighted by Crippen LogP contribution is 2.27.